The van der Waals surface area contributed by atoms with Crippen LogP contribution in [0.25, 0.3) is 0 Å². The lowest BCUT2D eigenvalue weighted by molar-refractivity contribution is -0.126. The predicted molar refractivity (Wildman–Crippen MR) is 34.1 cm³/mol. The minimum atomic E-state index is -1.31. The fourth-order valence-corrected chi connectivity index (χ4v) is 0.964. The van der Waals surface area contributed by atoms with Crippen molar-refractivity contribution in [2.75, 3.05) is 0 Å². The van der Waals surface area contributed by atoms with Crippen LogP contribution in [-0.4, -0.2) is 21.2 Å². The maximum Gasteiger partial charge on any atom is 0.253 e. The van der Waals surface area contributed by atoms with Crippen molar-refractivity contribution in [1.29, 1.82) is 0 Å². The number of primary amides is 1. The molecule has 0 radical (unpaired) electrons. The van der Waals surface area contributed by atoms with Gasteiger partial charge in [0.1, 0.15) is 5.51 Å². The van der Waals surface area contributed by atoms with Gasteiger partial charge in [0.25, 0.3) is 5.91 Å². The first-order chi connectivity index (χ1) is 4.72. The van der Waals surface area contributed by atoms with Gasteiger partial charge in [-0.3, -0.25) is 4.79 Å². The molecule has 1 aromatic heterocycles. The van der Waals surface area contributed by atoms with Crippen LogP contribution in [0.2, 0.25) is 0 Å². The average molecular weight is 159 g/mol. The molecule has 1 atom stereocenters. The summed E-state index contributed by atoms with van der Waals surface area (Å²) in [6.07, 6.45) is -1.31. The molecular weight excluding hydrogens is 154 g/mol. The first-order valence-electron chi connectivity index (χ1n) is 2.45. The van der Waals surface area contributed by atoms with Gasteiger partial charge in [-0.1, -0.05) is 0 Å². The van der Waals surface area contributed by atoms with Gasteiger partial charge in [-0.25, -0.2) is 0 Å². The van der Waals surface area contributed by atoms with Crippen LogP contribution in [0.1, 0.15) is 11.1 Å². The lowest BCUT2D eigenvalue weighted by atomic mass is 10.4. The third-order valence-corrected chi connectivity index (χ3v) is 1.63. The van der Waals surface area contributed by atoms with E-state index in [9.17, 15) is 4.79 Å². The predicted octanol–water partition coefficient (Wildman–Crippen LogP) is -0.943. The van der Waals surface area contributed by atoms with Crippen LogP contribution in [0.3, 0.4) is 0 Å². The lowest BCUT2D eigenvalue weighted by Gasteiger charge is -1.97. The Bertz CT molecular complexity index is 222. The molecule has 1 rings (SSSR count). The van der Waals surface area contributed by atoms with Crippen molar-refractivity contribution < 1.29 is 9.90 Å². The van der Waals surface area contributed by atoms with Crippen molar-refractivity contribution in [1.82, 2.24) is 10.2 Å². The van der Waals surface area contributed by atoms with Crippen LogP contribution in [0, 0.1) is 0 Å². The zero-order valence-corrected chi connectivity index (χ0v) is 5.71. The van der Waals surface area contributed by atoms with E-state index in [4.69, 9.17) is 10.8 Å². The van der Waals surface area contributed by atoms with Gasteiger partial charge in [-0.05, 0) is 0 Å². The van der Waals surface area contributed by atoms with E-state index in [0.717, 1.165) is 11.3 Å². The van der Waals surface area contributed by atoms with E-state index in [2.05, 4.69) is 10.2 Å². The van der Waals surface area contributed by atoms with E-state index < -0.39 is 12.0 Å². The number of nitrogens with two attached hydrogens (primary N) is 1. The molecule has 0 aromatic carbocycles. The number of rotatable bonds is 2. The number of nitrogens with zero attached hydrogens (tertiary/aromatic N) is 2. The SMILES string of the molecule is NC(=O)C(O)c1nncs1. The van der Waals surface area contributed by atoms with E-state index >= 15 is 0 Å². The molecule has 5 nitrogen and oxygen atoms in total. The number of hydrogen-bond donors (Lipinski definition) is 2. The first kappa shape index (κ1) is 7.10. The lowest BCUT2D eigenvalue weighted by Crippen LogP contribution is -2.20. The van der Waals surface area contributed by atoms with Crippen LogP contribution >= 0.6 is 11.3 Å². The minimum absolute atomic E-state index is 0.229. The van der Waals surface area contributed by atoms with Gasteiger partial charge in [0.05, 0.1) is 0 Å². The number of aliphatic hydroxyl groups excluding tert-OH is 1. The van der Waals surface area contributed by atoms with Gasteiger partial charge in [-0.15, -0.1) is 21.5 Å². The van der Waals surface area contributed by atoms with E-state index in [0.29, 0.717) is 0 Å². The maximum absolute atomic E-state index is 10.3. The molecular formula is C4H5N3O2S. The summed E-state index contributed by atoms with van der Waals surface area (Å²) in [5, 5.41) is 16.0. The van der Waals surface area contributed by atoms with Crippen molar-refractivity contribution in [3.8, 4) is 0 Å². The second-order valence-corrected chi connectivity index (χ2v) is 2.45. The number of amides is 1. The van der Waals surface area contributed by atoms with Crippen molar-refractivity contribution in [3.05, 3.63) is 10.5 Å². The molecule has 10 heavy (non-hydrogen) atoms. The normalized spacial score (nSPS) is 12.9. The largest absolute Gasteiger partial charge is 0.376 e. The molecule has 54 valence electrons. The molecule has 1 heterocycles. The highest BCUT2D eigenvalue weighted by molar-refractivity contribution is 7.09. The summed E-state index contributed by atoms with van der Waals surface area (Å²) >= 11 is 1.09. The summed E-state index contributed by atoms with van der Waals surface area (Å²) in [6, 6.07) is 0. The molecule has 0 bridgehead atoms. The molecule has 1 aromatic rings. The molecule has 0 saturated heterocycles. The van der Waals surface area contributed by atoms with Gasteiger partial charge in [0.2, 0.25) is 0 Å². The number of aromatic nitrogens is 2. The molecule has 6 heteroatoms. The van der Waals surface area contributed by atoms with E-state index in [-0.39, 0.29) is 5.01 Å². The molecule has 1 unspecified atom stereocenters. The quantitative estimate of drug-likeness (QED) is 0.582. The fraction of sp³-hybridized carbons (Fsp3) is 0.250. The summed E-state index contributed by atoms with van der Waals surface area (Å²) < 4.78 is 0. The molecule has 0 aliphatic heterocycles. The number of carbonyl (C=O) groups excluding carboxylic acids is 1. The molecule has 0 spiro atoms. The van der Waals surface area contributed by atoms with Crippen molar-refractivity contribution in [3.63, 3.8) is 0 Å². The Kier molecular flexibility index (Phi) is 1.93. The van der Waals surface area contributed by atoms with Gasteiger partial charge in [-0.2, -0.15) is 0 Å². The van der Waals surface area contributed by atoms with Crippen LogP contribution in [-0.2, 0) is 4.79 Å². The van der Waals surface area contributed by atoms with Crippen LogP contribution in [0.4, 0.5) is 0 Å². The average Bonchev–Trinajstić information content (AvgIpc) is 2.36. The Balaban J connectivity index is 2.77. The van der Waals surface area contributed by atoms with Crippen molar-refractivity contribution >= 4 is 17.2 Å². The highest BCUT2D eigenvalue weighted by Gasteiger charge is 2.16. The zero-order chi connectivity index (χ0) is 7.56. The molecule has 0 saturated carbocycles. The minimum Gasteiger partial charge on any atom is -0.376 e. The number of carbonyl (C=O) groups is 1. The molecule has 0 aliphatic carbocycles. The highest BCUT2D eigenvalue weighted by atomic mass is 32.1. The molecule has 0 fully saturated rings. The van der Waals surface area contributed by atoms with Gasteiger partial charge in [0.15, 0.2) is 11.1 Å². The summed E-state index contributed by atoms with van der Waals surface area (Å²) in [4.78, 5) is 10.3. The van der Waals surface area contributed by atoms with Crippen LogP contribution < -0.4 is 5.73 Å². The Morgan fingerprint density at radius 2 is 2.60 bits per heavy atom. The second-order valence-electron chi connectivity index (χ2n) is 1.58. The van der Waals surface area contributed by atoms with Crippen LogP contribution in [0.15, 0.2) is 5.51 Å². The van der Waals surface area contributed by atoms with E-state index in [1.54, 1.807) is 0 Å². The van der Waals surface area contributed by atoms with E-state index in [1.165, 1.54) is 5.51 Å². The third-order valence-electron chi connectivity index (χ3n) is 0.880. The number of hydrogen-bond acceptors (Lipinski definition) is 5. The fourth-order valence-electron chi connectivity index (χ4n) is 0.422. The van der Waals surface area contributed by atoms with Gasteiger partial charge >= 0.3 is 0 Å². The van der Waals surface area contributed by atoms with Crippen molar-refractivity contribution in [2.45, 2.75) is 6.10 Å². The Labute approximate surface area is 60.5 Å². The Morgan fingerprint density at radius 3 is 3.00 bits per heavy atom. The standard InChI is InChI=1S/C4H5N3O2S/c5-3(9)2(8)4-7-6-1-10-4/h1-2,8H,(H2,5,9). The summed E-state index contributed by atoms with van der Waals surface area (Å²) in [5.41, 5.74) is 6.20. The molecule has 1 amide bonds. The van der Waals surface area contributed by atoms with Gasteiger partial charge < -0.3 is 10.8 Å². The van der Waals surface area contributed by atoms with Crippen molar-refractivity contribution in [2.24, 2.45) is 5.73 Å². The highest BCUT2D eigenvalue weighted by Crippen LogP contribution is 2.12. The number of aliphatic hydroxyl groups is 1. The third kappa shape index (κ3) is 1.28. The second kappa shape index (κ2) is 2.72. The molecule has 3 N–H and O–H groups in total. The summed E-state index contributed by atoms with van der Waals surface area (Å²) in [7, 11) is 0. The topological polar surface area (TPSA) is 89.1 Å². The molecule has 0 aliphatic rings. The van der Waals surface area contributed by atoms with Gasteiger partial charge in [0, 0.05) is 0 Å². The Morgan fingerprint density at radius 1 is 1.90 bits per heavy atom. The summed E-state index contributed by atoms with van der Waals surface area (Å²) in [6.45, 7) is 0. The Hall–Kier alpha value is -1.01. The summed E-state index contributed by atoms with van der Waals surface area (Å²) in [5.74, 6) is -0.809. The zero-order valence-electron chi connectivity index (χ0n) is 4.89. The van der Waals surface area contributed by atoms with E-state index in [1.807, 2.05) is 0 Å². The maximum atomic E-state index is 10.3. The smallest absolute Gasteiger partial charge is 0.253 e. The first-order valence-corrected chi connectivity index (χ1v) is 3.33. The monoisotopic (exact) mass is 159 g/mol. The van der Waals surface area contributed by atoms with Crippen LogP contribution in [0.5, 0.6) is 0 Å².